The SMILES string of the molecule is CCC(C)(C)CC(C)(C)N(CC(C)(C)C)C(C)(N)CC(C)(C)C. The van der Waals surface area contributed by atoms with Crippen molar-refractivity contribution in [1.29, 1.82) is 0 Å². The fourth-order valence-electron chi connectivity index (χ4n) is 4.12. The van der Waals surface area contributed by atoms with E-state index in [1.54, 1.807) is 0 Å². The van der Waals surface area contributed by atoms with Gasteiger partial charge in [-0.25, -0.2) is 0 Å². The van der Waals surface area contributed by atoms with Crippen LogP contribution in [-0.2, 0) is 0 Å². The fraction of sp³-hybridized carbons (Fsp3) is 1.00. The van der Waals surface area contributed by atoms with Gasteiger partial charge in [-0.15, -0.1) is 0 Å². The second kappa shape index (κ2) is 7.04. The standard InChI is InChI=1S/C21H46N2/c1-13-19(8,9)15-20(10,11)23(16-18(5,6)7)21(12,22)14-17(2,3)4/h13-16,22H2,1-12H3. The molecule has 0 saturated carbocycles. The van der Waals surface area contributed by atoms with Crippen molar-refractivity contribution in [1.82, 2.24) is 4.90 Å². The van der Waals surface area contributed by atoms with Gasteiger partial charge in [0, 0.05) is 12.1 Å². The molecule has 1 unspecified atom stereocenters. The summed E-state index contributed by atoms with van der Waals surface area (Å²) in [4.78, 5) is 2.59. The molecule has 0 spiro atoms. The minimum Gasteiger partial charge on any atom is -0.313 e. The fourth-order valence-corrected chi connectivity index (χ4v) is 4.12. The van der Waals surface area contributed by atoms with Crippen LogP contribution in [0.2, 0.25) is 0 Å². The monoisotopic (exact) mass is 326 g/mol. The van der Waals surface area contributed by atoms with Gasteiger partial charge in [-0.05, 0) is 49.9 Å². The first kappa shape index (κ1) is 22.9. The van der Waals surface area contributed by atoms with Crippen LogP contribution in [0.25, 0.3) is 0 Å². The van der Waals surface area contributed by atoms with Gasteiger partial charge in [0.05, 0.1) is 5.66 Å². The van der Waals surface area contributed by atoms with Gasteiger partial charge < -0.3 is 5.73 Å². The van der Waals surface area contributed by atoms with Gasteiger partial charge >= 0.3 is 0 Å². The molecule has 0 heterocycles. The molecule has 0 aliphatic rings. The van der Waals surface area contributed by atoms with Crippen molar-refractivity contribution in [3.8, 4) is 0 Å². The van der Waals surface area contributed by atoms with Crippen LogP contribution in [0.3, 0.4) is 0 Å². The van der Waals surface area contributed by atoms with E-state index in [-0.39, 0.29) is 22.0 Å². The van der Waals surface area contributed by atoms with Gasteiger partial charge in [0.1, 0.15) is 0 Å². The molecule has 0 fully saturated rings. The Labute approximate surface area is 147 Å². The van der Waals surface area contributed by atoms with E-state index in [9.17, 15) is 0 Å². The Hall–Kier alpha value is -0.0800. The summed E-state index contributed by atoms with van der Waals surface area (Å²) in [5.41, 5.74) is 7.47. The average molecular weight is 327 g/mol. The van der Waals surface area contributed by atoms with E-state index >= 15 is 0 Å². The summed E-state index contributed by atoms with van der Waals surface area (Å²) >= 11 is 0. The van der Waals surface area contributed by atoms with Crippen molar-refractivity contribution in [2.45, 2.75) is 114 Å². The van der Waals surface area contributed by atoms with Gasteiger partial charge in [-0.3, -0.25) is 4.90 Å². The van der Waals surface area contributed by atoms with Crippen molar-refractivity contribution >= 4 is 0 Å². The van der Waals surface area contributed by atoms with Crippen molar-refractivity contribution in [2.75, 3.05) is 6.54 Å². The normalized spacial score (nSPS) is 17.5. The molecule has 0 aromatic heterocycles. The lowest BCUT2D eigenvalue weighted by Gasteiger charge is -2.54. The summed E-state index contributed by atoms with van der Waals surface area (Å²) in [7, 11) is 0. The lowest BCUT2D eigenvalue weighted by atomic mass is 9.74. The van der Waals surface area contributed by atoms with Crippen LogP contribution in [0.4, 0.5) is 0 Å². The molecule has 2 N–H and O–H groups in total. The maximum atomic E-state index is 6.93. The van der Waals surface area contributed by atoms with Gasteiger partial charge in [-0.1, -0.05) is 68.7 Å². The van der Waals surface area contributed by atoms with Crippen LogP contribution in [-0.4, -0.2) is 22.6 Å². The number of nitrogens with zero attached hydrogens (tertiary/aromatic N) is 1. The van der Waals surface area contributed by atoms with E-state index < -0.39 is 0 Å². The van der Waals surface area contributed by atoms with Crippen LogP contribution in [0.1, 0.15) is 102 Å². The van der Waals surface area contributed by atoms with E-state index in [1.807, 2.05) is 0 Å². The summed E-state index contributed by atoms with van der Waals surface area (Å²) in [5, 5.41) is 0. The number of rotatable bonds is 7. The summed E-state index contributed by atoms with van der Waals surface area (Å²) in [5.74, 6) is 0. The molecule has 0 saturated heterocycles. The van der Waals surface area contributed by atoms with Gasteiger partial charge in [0.25, 0.3) is 0 Å². The second-order valence-corrected chi connectivity index (χ2v) is 11.7. The molecule has 0 aromatic carbocycles. The third kappa shape index (κ3) is 8.54. The van der Waals surface area contributed by atoms with Crippen LogP contribution < -0.4 is 5.73 Å². The minimum absolute atomic E-state index is 0.0710. The first-order valence-electron chi connectivity index (χ1n) is 9.38. The Bertz CT molecular complexity index is 364. The van der Waals surface area contributed by atoms with Crippen molar-refractivity contribution in [2.24, 2.45) is 22.0 Å². The van der Waals surface area contributed by atoms with E-state index in [4.69, 9.17) is 5.73 Å². The van der Waals surface area contributed by atoms with Crippen LogP contribution in [0, 0.1) is 16.2 Å². The summed E-state index contributed by atoms with van der Waals surface area (Å²) in [6.07, 6.45) is 3.34. The Morgan fingerprint density at radius 2 is 1.13 bits per heavy atom. The molecule has 0 rings (SSSR count). The van der Waals surface area contributed by atoms with E-state index in [0.717, 1.165) is 19.4 Å². The van der Waals surface area contributed by atoms with E-state index in [0.29, 0.717) is 5.41 Å². The zero-order valence-corrected chi connectivity index (χ0v) is 18.4. The second-order valence-electron chi connectivity index (χ2n) is 11.7. The third-order valence-corrected chi connectivity index (χ3v) is 4.74. The van der Waals surface area contributed by atoms with Crippen molar-refractivity contribution < 1.29 is 0 Å². The predicted molar refractivity (Wildman–Crippen MR) is 106 cm³/mol. The molecule has 2 nitrogen and oxygen atoms in total. The van der Waals surface area contributed by atoms with E-state index in [1.165, 1.54) is 6.42 Å². The number of hydrogen-bond acceptors (Lipinski definition) is 2. The predicted octanol–water partition coefficient (Wildman–Crippen LogP) is 6.05. The van der Waals surface area contributed by atoms with Crippen LogP contribution in [0.5, 0.6) is 0 Å². The average Bonchev–Trinajstić information content (AvgIpc) is 2.19. The Kier molecular flexibility index (Phi) is 7.01. The summed E-state index contributed by atoms with van der Waals surface area (Å²) < 4.78 is 0. The number of nitrogens with two attached hydrogens (primary N) is 1. The van der Waals surface area contributed by atoms with E-state index in [2.05, 4.69) is 88.0 Å². The first-order valence-corrected chi connectivity index (χ1v) is 9.38. The van der Waals surface area contributed by atoms with Crippen molar-refractivity contribution in [3.05, 3.63) is 0 Å². The molecule has 2 heteroatoms. The summed E-state index contributed by atoms with van der Waals surface area (Å²) in [6.45, 7) is 28.9. The topological polar surface area (TPSA) is 29.3 Å². The smallest absolute Gasteiger partial charge is 0.0667 e. The largest absolute Gasteiger partial charge is 0.313 e. The highest BCUT2D eigenvalue weighted by Crippen LogP contribution is 2.40. The molecule has 0 aliphatic carbocycles. The van der Waals surface area contributed by atoms with Crippen LogP contribution >= 0.6 is 0 Å². The lowest BCUT2D eigenvalue weighted by molar-refractivity contribution is -0.0539. The summed E-state index contributed by atoms with van der Waals surface area (Å²) in [6, 6.07) is 0. The first-order chi connectivity index (χ1) is 9.81. The maximum absolute atomic E-state index is 6.93. The quantitative estimate of drug-likeness (QED) is 0.577. The van der Waals surface area contributed by atoms with Gasteiger partial charge in [0.15, 0.2) is 0 Å². The molecule has 140 valence electrons. The molecule has 0 radical (unpaired) electrons. The van der Waals surface area contributed by atoms with Crippen LogP contribution in [0.15, 0.2) is 0 Å². The minimum atomic E-state index is -0.307. The Morgan fingerprint density at radius 1 is 0.696 bits per heavy atom. The molecule has 23 heavy (non-hydrogen) atoms. The van der Waals surface area contributed by atoms with Gasteiger partial charge in [0.2, 0.25) is 0 Å². The molecular weight excluding hydrogens is 280 g/mol. The highest BCUT2D eigenvalue weighted by Gasteiger charge is 2.43. The van der Waals surface area contributed by atoms with Gasteiger partial charge in [-0.2, -0.15) is 0 Å². The molecule has 0 aromatic rings. The Balaban J connectivity index is 5.69. The molecule has 0 bridgehead atoms. The zero-order valence-electron chi connectivity index (χ0n) is 18.4. The number of hydrogen-bond donors (Lipinski definition) is 1. The molecular formula is C21H46N2. The van der Waals surface area contributed by atoms with Crippen molar-refractivity contribution in [3.63, 3.8) is 0 Å². The lowest BCUT2D eigenvalue weighted by Crippen LogP contribution is -2.65. The zero-order chi connectivity index (χ0) is 18.9. The highest BCUT2D eigenvalue weighted by molar-refractivity contribution is 4.97. The maximum Gasteiger partial charge on any atom is 0.0667 e. The molecule has 1 atom stereocenters. The molecule has 0 amide bonds. The Morgan fingerprint density at radius 3 is 1.43 bits per heavy atom. The highest BCUT2D eigenvalue weighted by atomic mass is 15.3. The third-order valence-electron chi connectivity index (χ3n) is 4.74. The molecule has 0 aliphatic heterocycles.